The molecular weight excluding hydrogens is 274 g/mol. The zero-order valence-corrected chi connectivity index (χ0v) is 12.8. The molecule has 0 radical (unpaired) electrons. The molecule has 120 valence electrons. The van der Waals surface area contributed by atoms with E-state index in [4.69, 9.17) is 9.47 Å². The van der Waals surface area contributed by atoms with Gasteiger partial charge in [-0.15, -0.1) is 0 Å². The molecule has 0 bridgehead atoms. The first-order chi connectivity index (χ1) is 9.94. The van der Waals surface area contributed by atoms with E-state index in [1.165, 1.54) is 6.92 Å². The minimum atomic E-state index is -0.964. The molecule has 1 heterocycles. The normalized spacial score (nSPS) is 31.8. The number of nitrogens with one attached hydrogen (secondary N) is 1. The molecule has 1 saturated carbocycles. The molecule has 1 aliphatic heterocycles. The Balaban J connectivity index is 1.97. The number of carboxylic acids is 1. The zero-order chi connectivity index (χ0) is 15.5. The SMILES string of the molecule is CC(=O)OC(C)[C@]1(C(=O)O)CC[C@@H](NC2CCOCC2)C1. The first-order valence-electron chi connectivity index (χ1n) is 7.68. The fourth-order valence-electron chi connectivity index (χ4n) is 3.51. The van der Waals surface area contributed by atoms with E-state index in [2.05, 4.69) is 5.32 Å². The number of carbonyl (C=O) groups excluding carboxylic acids is 1. The summed E-state index contributed by atoms with van der Waals surface area (Å²) in [6.45, 7) is 4.53. The van der Waals surface area contributed by atoms with Crippen LogP contribution in [-0.2, 0) is 19.1 Å². The maximum absolute atomic E-state index is 11.7. The van der Waals surface area contributed by atoms with Gasteiger partial charge in [0.2, 0.25) is 0 Å². The number of carbonyl (C=O) groups is 2. The van der Waals surface area contributed by atoms with Crippen LogP contribution in [0, 0.1) is 5.41 Å². The van der Waals surface area contributed by atoms with Gasteiger partial charge in [0.1, 0.15) is 11.5 Å². The molecule has 6 nitrogen and oxygen atoms in total. The zero-order valence-electron chi connectivity index (χ0n) is 12.8. The van der Waals surface area contributed by atoms with Gasteiger partial charge in [0, 0.05) is 32.2 Å². The van der Waals surface area contributed by atoms with Gasteiger partial charge in [0.25, 0.3) is 0 Å². The van der Waals surface area contributed by atoms with Crippen molar-refractivity contribution in [1.29, 1.82) is 0 Å². The number of hydrogen-bond acceptors (Lipinski definition) is 5. The predicted molar refractivity (Wildman–Crippen MR) is 75.9 cm³/mol. The Labute approximate surface area is 125 Å². The van der Waals surface area contributed by atoms with Crippen molar-refractivity contribution in [1.82, 2.24) is 5.32 Å². The van der Waals surface area contributed by atoms with Crippen LogP contribution in [0.3, 0.4) is 0 Å². The van der Waals surface area contributed by atoms with E-state index in [9.17, 15) is 14.7 Å². The molecule has 2 N–H and O–H groups in total. The third-order valence-corrected chi connectivity index (χ3v) is 4.79. The van der Waals surface area contributed by atoms with Crippen LogP contribution in [0.15, 0.2) is 0 Å². The Kier molecular flexibility index (Phi) is 5.22. The van der Waals surface area contributed by atoms with E-state index >= 15 is 0 Å². The lowest BCUT2D eigenvalue weighted by molar-refractivity contribution is -0.166. The van der Waals surface area contributed by atoms with Gasteiger partial charge in [0.15, 0.2) is 0 Å². The first kappa shape index (κ1) is 16.2. The summed E-state index contributed by atoms with van der Waals surface area (Å²) in [5.74, 6) is -1.29. The van der Waals surface area contributed by atoms with Crippen LogP contribution in [0.4, 0.5) is 0 Å². The lowest BCUT2D eigenvalue weighted by Crippen LogP contribution is -2.45. The highest BCUT2D eigenvalue weighted by Crippen LogP contribution is 2.43. The molecule has 1 saturated heterocycles. The summed E-state index contributed by atoms with van der Waals surface area (Å²) in [5.41, 5.74) is -0.964. The van der Waals surface area contributed by atoms with Crippen molar-refractivity contribution in [3.8, 4) is 0 Å². The van der Waals surface area contributed by atoms with Gasteiger partial charge in [-0.2, -0.15) is 0 Å². The molecule has 0 amide bonds. The molecule has 2 fully saturated rings. The maximum atomic E-state index is 11.7. The number of rotatable bonds is 5. The first-order valence-corrected chi connectivity index (χ1v) is 7.68. The molecule has 1 aliphatic carbocycles. The van der Waals surface area contributed by atoms with Gasteiger partial charge in [0.05, 0.1) is 0 Å². The molecule has 2 rings (SSSR count). The van der Waals surface area contributed by atoms with Gasteiger partial charge in [-0.25, -0.2) is 0 Å². The fourth-order valence-corrected chi connectivity index (χ4v) is 3.51. The van der Waals surface area contributed by atoms with E-state index in [1.54, 1.807) is 6.92 Å². The van der Waals surface area contributed by atoms with Gasteiger partial charge in [-0.05, 0) is 39.0 Å². The third kappa shape index (κ3) is 3.74. The van der Waals surface area contributed by atoms with Crippen LogP contribution in [-0.4, -0.2) is 48.4 Å². The lowest BCUT2D eigenvalue weighted by atomic mass is 9.80. The minimum Gasteiger partial charge on any atom is -0.481 e. The molecule has 0 aromatic carbocycles. The van der Waals surface area contributed by atoms with Crippen LogP contribution in [0.5, 0.6) is 0 Å². The fraction of sp³-hybridized carbons (Fsp3) is 0.867. The molecule has 1 unspecified atom stereocenters. The van der Waals surface area contributed by atoms with Crippen LogP contribution in [0.2, 0.25) is 0 Å². The van der Waals surface area contributed by atoms with Crippen molar-refractivity contribution in [2.24, 2.45) is 5.41 Å². The van der Waals surface area contributed by atoms with Crippen molar-refractivity contribution < 1.29 is 24.2 Å². The second-order valence-corrected chi connectivity index (χ2v) is 6.21. The number of esters is 1. The Morgan fingerprint density at radius 2 is 1.95 bits per heavy atom. The van der Waals surface area contributed by atoms with Gasteiger partial charge >= 0.3 is 11.9 Å². The molecule has 0 spiro atoms. The highest BCUT2D eigenvalue weighted by Gasteiger charge is 2.51. The molecule has 3 atom stereocenters. The maximum Gasteiger partial charge on any atom is 0.313 e. The average molecular weight is 299 g/mol. The molecule has 6 heteroatoms. The highest BCUT2D eigenvalue weighted by molar-refractivity contribution is 5.77. The number of carboxylic acid groups (broad SMARTS) is 1. The second kappa shape index (κ2) is 6.75. The Bertz CT molecular complexity index is 394. The van der Waals surface area contributed by atoms with Crippen molar-refractivity contribution in [3.63, 3.8) is 0 Å². The van der Waals surface area contributed by atoms with Gasteiger partial charge < -0.3 is 19.9 Å². The number of ether oxygens (including phenoxy) is 2. The van der Waals surface area contributed by atoms with E-state index in [-0.39, 0.29) is 6.04 Å². The summed E-state index contributed by atoms with van der Waals surface area (Å²) in [5, 5.41) is 13.2. The van der Waals surface area contributed by atoms with Crippen molar-refractivity contribution >= 4 is 11.9 Å². The van der Waals surface area contributed by atoms with E-state index < -0.39 is 23.5 Å². The topological polar surface area (TPSA) is 84.9 Å². The molecule has 2 aliphatic rings. The van der Waals surface area contributed by atoms with E-state index in [0.717, 1.165) is 32.5 Å². The van der Waals surface area contributed by atoms with Gasteiger partial charge in [-0.3, -0.25) is 9.59 Å². The Morgan fingerprint density at radius 3 is 2.52 bits per heavy atom. The summed E-state index contributed by atoms with van der Waals surface area (Å²) < 4.78 is 10.5. The number of aliphatic carboxylic acids is 1. The predicted octanol–water partition coefficient (Wildman–Crippen LogP) is 1.33. The Hall–Kier alpha value is -1.14. The summed E-state index contributed by atoms with van der Waals surface area (Å²) in [4.78, 5) is 22.9. The minimum absolute atomic E-state index is 0.169. The van der Waals surface area contributed by atoms with Crippen molar-refractivity contribution in [2.45, 2.75) is 64.1 Å². The van der Waals surface area contributed by atoms with Gasteiger partial charge in [-0.1, -0.05) is 0 Å². The largest absolute Gasteiger partial charge is 0.481 e. The third-order valence-electron chi connectivity index (χ3n) is 4.79. The molecule has 21 heavy (non-hydrogen) atoms. The standard InChI is InChI=1S/C15H25NO5/c1-10(21-11(2)17)15(14(18)19)6-3-13(9-15)16-12-4-7-20-8-5-12/h10,12-13,16H,3-9H2,1-2H3,(H,18,19)/t10?,13-,15+/m1/s1. The monoisotopic (exact) mass is 299 g/mol. The van der Waals surface area contributed by atoms with Crippen LogP contribution >= 0.6 is 0 Å². The smallest absolute Gasteiger partial charge is 0.313 e. The van der Waals surface area contributed by atoms with Crippen molar-refractivity contribution in [3.05, 3.63) is 0 Å². The quantitative estimate of drug-likeness (QED) is 0.745. The van der Waals surface area contributed by atoms with Crippen LogP contribution in [0.1, 0.15) is 46.0 Å². The summed E-state index contributed by atoms with van der Waals surface area (Å²) in [6, 6.07) is 0.569. The van der Waals surface area contributed by atoms with E-state index in [0.29, 0.717) is 18.9 Å². The molecule has 0 aromatic rings. The number of hydrogen-bond donors (Lipinski definition) is 2. The molecular formula is C15H25NO5. The lowest BCUT2D eigenvalue weighted by Gasteiger charge is -2.31. The average Bonchev–Trinajstić information content (AvgIpc) is 2.84. The summed E-state index contributed by atoms with van der Waals surface area (Å²) in [6.07, 6.45) is 3.18. The summed E-state index contributed by atoms with van der Waals surface area (Å²) >= 11 is 0. The second-order valence-electron chi connectivity index (χ2n) is 6.21. The Morgan fingerprint density at radius 1 is 1.29 bits per heavy atom. The highest BCUT2D eigenvalue weighted by atomic mass is 16.5. The van der Waals surface area contributed by atoms with Crippen molar-refractivity contribution in [2.75, 3.05) is 13.2 Å². The van der Waals surface area contributed by atoms with E-state index in [1.807, 2.05) is 0 Å². The summed E-state index contributed by atoms with van der Waals surface area (Å²) in [7, 11) is 0. The molecule has 0 aromatic heterocycles. The van der Waals surface area contributed by atoms with Crippen LogP contribution in [0.25, 0.3) is 0 Å². The van der Waals surface area contributed by atoms with Crippen LogP contribution < -0.4 is 5.32 Å².